The topological polar surface area (TPSA) is 75.5 Å². The van der Waals surface area contributed by atoms with Gasteiger partial charge >= 0.3 is 6.18 Å². The van der Waals surface area contributed by atoms with E-state index in [9.17, 15) is 13.2 Å². The Morgan fingerprint density at radius 3 is 2.50 bits per heavy atom. The molecule has 0 bridgehead atoms. The molecule has 0 aliphatic carbocycles. The van der Waals surface area contributed by atoms with Gasteiger partial charge < -0.3 is 0 Å². The van der Waals surface area contributed by atoms with Crippen LogP contribution in [0.3, 0.4) is 0 Å². The zero-order valence-corrected chi connectivity index (χ0v) is 12.7. The maximum Gasteiger partial charge on any atom is 0.416 e. The van der Waals surface area contributed by atoms with Crippen LogP contribution in [0.5, 0.6) is 0 Å². The van der Waals surface area contributed by atoms with Crippen LogP contribution < -0.4 is 0 Å². The minimum atomic E-state index is -4.37. The Labute approximate surface area is 135 Å². The van der Waals surface area contributed by atoms with Gasteiger partial charge in [0.25, 0.3) is 0 Å². The van der Waals surface area contributed by atoms with E-state index < -0.39 is 11.7 Å². The SMILES string of the molecule is CN(Cc1ccn[nH]1)Cc1nnnn1-c1ccc(C(F)(F)F)cc1. The van der Waals surface area contributed by atoms with Gasteiger partial charge in [-0.15, -0.1) is 5.10 Å². The first-order valence-corrected chi connectivity index (χ1v) is 7.05. The Morgan fingerprint density at radius 2 is 1.88 bits per heavy atom. The Balaban J connectivity index is 1.75. The minimum Gasteiger partial charge on any atom is -0.293 e. The molecule has 0 saturated carbocycles. The summed E-state index contributed by atoms with van der Waals surface area (Å²) in [5, 5.41) is 18.1. The largest absolute Gasteiger partial charge is 0.416 e. The predicted octanol–water partition coefficient (Wildman–Crippen LogP) is 2.04. The normalized spacial score (nSPS) is 12.0. The summed E-state index contributed by atoms with van der Waals surface area (Å²) in [6.45, 7) is 1.03. The van der Waals surface area contributed by atoms with Gasteiger partial charge in [-0.25, -0.2) is 0 Å². The lowest BCUT2D eigenvalue weighted by Gasteiger charge is -2.15. The lowest BCUT2D eigenvalue weighted by atomic mass is 10.2. The molecule has 3 rings (SSSR count). The van der Waals surface area contributed by atoms with E-state index >= 15 is 0 Å². The van der Waals surface area contributed by atoms with Gasteiger partial charge in [-0.3, -0.25) is 10.00 Å². The molecule has 126 valence electrons. The molecular formula is C14H14F3N7. The van der Waals surface area contributed by atoms with Crippen molar-refractivity contribution in [1.82, 2.24) is 35.3 Å². The van der Waals surface area contributed by atoms with Crippen LogP contribution in [-0.4, -0.2) is 42.4 Å². The van der Waals surface area contributed by atoms with Gasteiger partial charge in [0.2, 0.25) is 0 Å². The van der Waals surface area contributed by atoms with Crippen LogP contribution in [0.15, 0.2) is 36.5 Å². The average molecular weight is 337 g/mol. The third-order valence-corrected chi connectivity index (χ3v) is 3.38. The van der Waals surface area contributed by atoms with Crippen molar-refractivity contribution in [3.63, 3.8) is 0 Å². The van der Waals surface area contributed by atoms with E-state index in [2.05, 4.69) is 25.7 Å². The summed E-state index contributed by atoms with van der Waals surface area (Å²) in [5.74, 6) is 0.525. The quantitative estimate of drug-likeness (QED) is 0.771. The highest BCUT2D eigenvalue weighted by molar-refractivity contribution is 5.35. The van der Waals surface area contributed by atoms with Crippen LogP contribution in [-0.2, 0) is 19.3 Å². The molecule has 0 spiro atoms. The number of hydrogen-bond donors (Lipinski definition) is 1. The number of nitrogens with one attached hydrogen (secondary N) is 1. The molecule has 0 fully saturated rings. The second kappa shape index (κ2) is 6.40. The Hall–Kier alpha value is -2.75. The molecule has 2 heterocycles. The molecule has 0 atom stereocenters. The zero-order valence-electron chi connectivity index (χ0n) is 12.7. The lowest BCUT2D eigenvalue weighted by molar-refractivity contribution is -0.137. The van der Waals surface area contributed by atoms with Crippen LogP contribution in [0, 0.1) is 0 Å². The van der Waals surface area contributed by atoms with E-state index in [0.717, 1.165) is 17.8 Å². The lowest BCUT2D eigenvalue weighted by Crippen LogP contribution is -2.20. The average Bonchev–Trinajstić information content (AvgIpc) is 3.18. The molecule has 0 aliphatic heterocycles. The fourth-order valence-electron chi connectivity index (χ4n) is 2.26. The van der Waals surface area contributed by atoms with Crippen molar-refractivity contribution >= 4 is 0 Å². The van der Waals surface area contributed by atoms with Crippen molar-refractivity contribution in [2.24, 2.45) is 0 Å². The van der Waals surface area contributed by atoms with E-state index in [4.69, 9.17) is 0 Å². The van der Waals surface area contributed by atoms with Crippen LogP contribution in [0.4, 0.5) is 13.2 Å². The first-order valence-electron chi connectivity index (χ1n) is 7.05. The van der Waals surface area contributed by atoms with E-state index in [1.54, 1.807) is 6.20 Å². The number of aromatic amines is 1. The smallest absolute Gasteiger partial charge is 0.293 e. The minimum absolute atomic E-state index is 0.424. The van der Waals surface area contributed by atoms with Crippen molar-refractivity contribution in [1.29, 1.82) is 0 Å². The molecule has 0 unspecified atom stereocenters. The third kappa shape index (κ3) is 3.59. The molecule has 0 aliphatic rings. The van der Waals surface area contributed by atoms with E-state index in [0.29, 0.717) is 24.6 Å². The van der Waals surface area contributed by atoms with Crippen LogP contribution in [0.2, 0.25) is 0 Å². The number of benzene rings is 1. The van der Waals surface area contributed by atoms with Crippen molar-refractivity contribution in [2.45, 2.75) is 19.3 Å². The van der Waals surface area contributed by atoms with Gasteiger partial charge in [-0.1, -0.05) is 0 Å². The Morgan fingerprint density at radius 1 is 1.12 bits per heavy atom. The first-order chi connectivity index (χ1) is 11.4. The number of tetrazole rings is 1. The highest BCUT2D eigenvalue weighted by Gasteiger charge is 2.30. The van der Waals surface area contributed by atoms with Gasteiger partial charge in [0.05, 0.1) is 17.8 Å². The summed E-state index contributed by atoms with van der Waals surface area (Å²) < 4.78 is 39.3. The molecular weight excluding hydrogens is 323 g/mol. The molecule has 2 aromatic heterocycles. The third-order valence-electron chi connectivity index (χ3n) is 3.38. The van der Waals surface area contributed by atoms with Crippen molar-refractivity contribution < 1.29 is 13.2 Å². The number of halogens is 3. The van der Waals surface area contributed by atoms with Crippen molar-refractivity contribution in [3.8, 4) is 5.69 Å². The summed E-state index contributed by atoms with van der Waals surface area (Å²) in [6, 6.07) is 6.56. The summed E-state index contributed by atoms with van der Waals surface area (Å²) in [4.78, 5) is 1.96. The molecule has 7 nitrogen and oxygen atoms in total. The molecule has 0 saturated heterocycles. The molecule has 1 aromatic carbocycles. The van der Waals surface area contributed by atoms with Gasteiger partial charge in [0, 0.05) is 18.4 Å². The summed E-state index contributed by atoms with van der Waals surface area (Å²) >= 11 is 0. The number of aromatic nitrogens is 6. The van der Waals surface area contributed by atoms with E-state index in [-0.39, 0.29) is 0 Å². The highest BCUT2D eigenvalue weighted by Crippen LogP contribution is 2.29. The summed E-state index contributed by atoms with van der Waals surface area (Å²) in [6.07, 6.45) is -2.71. The summed E-state index contributed by atoms with van der Waals surface area (Å²) in [7, 11) is 1.88. The number of alkyl halides is 3. The van der Waals surface area contributed by atoms with Gasteiger partial charge in [-0.05, 0) is 47.8 Å². The highest BCUT2D eigenvalue weighted by atomic mass is 19.4. The Kier molecular flexibility index (Phi) is 4.30. The van der Waals surface area contributed by atoms with Crippen molar-refractivity contribution in [3.05, 3.63) is 53.6 Å². The van der Waals surface area contributed by atoms with Crippen molar-refractivity contribution in [2.75, 3.05) is 7.05 Å². The maximum atomic E-state index is 12.6. The second-order valence-electron chi connectivity index (χ2n) is 5.31. The molecule has 0 amide bonds. The molecule has 0 radical (unpaired) electrons. The predicted molar refractivity (Wildman–Crippen MR) is 77.9 cm³/mol. The van der Waals surface area contributed by atoms with Crippen LogP contribution in [0.1, 0.15) is 17.1 Å². The molecule has 1 N–H and O–H groups in total. The second-order valence-corrected chi connectivity index (χ2v) is 5.31. The van der Waals surface area contributed by atoms with Gasteiger partial charge in [0.15, 0.2) is 5.82 Å². The van der Waals surface area contributed by atoms with E-state index in [1.807, 2.05) is 18.0 Å². The molecule has 24 heavy (non-hydrogen) atoms. The van der Waals surface area contributed by atoms with Crippen LogP contribution in [0.25, 0.3) is 5.69 Å². The van der Waals surface area contributed by atoms with Gasteiger partial charge in [0.1, 0.15) is 0 Å². The zero-order chi connectivity index (χ0) is 17.2. The standard InChI is InChI=1S/C14H14F3N7/c1-23(8-11-6-7-18-19-11)9-13-20-21-22-24(13)12-4-2-10(3-5-12)14(15,16)17/h2-7H,8-9H2,1H3,(H,18,19). The molecule has 3 aromatic rings. The first kappa shape index (κ1) is 16.1. The van der Waals surface area contributed by atoms with Crippen LogP contribution >= 0.6 is 0 Å². The Bertz CT molecular complexity index is 778. The summed E-state index contributed by atoms with van der Waals surface area (Å²) in [5.41, 5.74) is 0.696. The fourth-order valence-corrected chi connectivity index (χ4v) is 2.26. The van der Waals surface area contributed by atoms with E-state index in [1.165, 1.54) is 16.8 Å². The fraction of sp³-hybridized carbons (Fsp3) is 0.286. The maximum absolute atomic E-state index is 12.6. The monoisotopic (exact) mass is 337 g/mol. The number of hydrogen-bond acceptors (Lipinski definition) is 5. The number of nitrogens with zero attached hydrogens (tertiary/aromatic N) is 6. The number of rotatable bonds is 5. The van der Waals surface area contributed by atoms with Gasteiger partial charge in [-0.2, -0.15) is 23.0 Å². The molecule has 10 heteroatoms. The number of H-pyrrole nitrogens is 1.